The van der Waals surface area contributed by atoms with Crippen LogP contribution in [0.15, 0.2) is 54.7 Å². The van der Waals surface area contributed by atoms with Crippen molar-refractivity contribution in [2.75, 3.05) is 32.5 Å². The van der Waals surface area contributed by atoms with Gasteiger partial charge in [0.05, 0.1) is 5.69 Å². The Morgan fingerprint density at radius 1 is 1.00 bits per heavy atom. The predicted molar refractivity (Wildman–Crippen MR) is 97.7 cm³/mol. The fourth-order valence-electron chi connectivity index (χ4n) is 2.32. The van der Waals surface area contributed by atoms with Gasteiger partial charge in [0.25, 0.3) is 0 Å². The zero-order chi connectivity index (χ0) is 17.6. The van der Waals surface area contributed by atoms with E-state index in [4.69, 9.17) is 0 Å². The third-order valence-electron chi connectivity index (χ3n) is 3.63. The number of benzene rings is 1. The van der Waals surface area contributed by atoms with Gasteiger partial charge in [0.15, 0.2) is 5.82 Å². The van der Waals surface area contributed by atoms with E-state index in [-0.39, 0.29) is 5.82 Å². The maximum atomic E-state index is 13.2. The zero-order valence-electron chi connectivity index (χ0n) is 14.3. The van der Waals surface area contributed by atoms with E-state index in [1.165, 1.54) is 12.1 Å². The largest absolute Gasteiger partial charge is 0.369 e. The van der Waals surface area contributed by atoms with E-state index in [1.54, 1.807) is 18.3 Å². The molecule has 2 aromatic heterocycles. The minimum atomic E-state index is -0.271. The van der Waals surface area contributed by atoms with E-state index in [1.807, 2.05) is 38.4 Å². The first-order valence-corrected chi connectivity index (χ1v) is 8.07. The second kappa shape index (κ2) is 7.81. The van der Waals surface area contributed by atoms with Crippen LogP contribution < -0.4 is 5.32 Å². The van der Waals surface area contributed by atoms with Crippen molar-refractivity contribution in [1.29, 1.82) is 0 Å². The lowest BCUT2D eigenvalue weighted by atomic mass is 10.1. The van der Waals surface area contributed by atoms with Crippen LogP contribution in [0.2, 0.25) is 0 Å². The van der Waals surface area contributed by atoms with Crippen molar-refractivity contribution in [1.82, 2.24) is 19.9 Å². The van der Waals surface area contributed by atoms with Crippen molar-refractivity contribution in [2.45, 2.75) is 0 Å². The summed E-state index contributed by atoms with van der Waals surface area (Å²) in [7, 11) is 4.04. The van der Waals surface area contributed by atoms with Crippen molar-refractivity contribution in [3.8, 4) is 22.8 Å². The molecular weight excluding hydrogens is 317 g/mol. The summed E-state index contributed by atoms with van der Waals surface area (Å²) in [5.74, 6) is 0.985. The maximum absolute atomic E-state index is 13.2. The topological polar surface area (TPSA) is 53.9 Å². The minimum absolute atomic E-state index is 0.271. The molecule has 2 heterocycles. The Morgan fingerprint density at radius 3 is 2.48 bits per heavy atom. The van der Waals surface area contributed by atoms with Gasteiger partial charge in [-0.2, -0.15) is 0 Å². The van der Waals surface area contributed by atoms with Crippen LogP contribution in [0.25, 0.3) is 22.8 Å². The summed E-state index contributed by atoms with van der Waals surface area (Å²) in [5.41, 5.74) is 2.25. The Hall–Kier alpha value is -2.86. The van der Waals surface area contributed by atoms with Gasteiger partial charge in [-0.3, -0.25) is 4.98 Å². The summed E-state index contributed by atoms with van der Waals surface area (Å²) in [5, 5.41) is 3.31. The molecule has 0 bridgehead atoms. The third kappa shape index (κ3) is 4.58. The van der Waals surface area contributed by atoms with Crippen molar-refractivity contribution in [3.63, 3.8) is 0 Å². The number of likely N-dealkylation sites (N-methyl/N-ethyl adjacent to an activating group) is 1. The number of pyridine rings is 1. The SMILES string of the molecule is CN(C)CCNc1cc(-c2ccc(F)cc2)nc(-c2ccccn2)n1. The molecule has 1 aromatic carbocycles. The summed E-state index contributed by atoms with van der Waals surface area (Å²) >= 11 is 0. The molecule has 0 aliphatic rings. The van der Waals surface area contributed by atoms with Crippen molar-refractivity contribution in [3.05, 3.63) is 60.5 Å². The van der Waals surface area contributed by atoms with E-state index >= 15 is 0 Å². The molecule has 128 valence electrons. The molecule has 5 nitrogen and oxygen atoms in total. The van der Waals surface area contributed by atoms with Gasteiger partial charge >= 0.3 is 0 Å². The summed E-state index contributed by atoms with van der Waals surface area (Å²) in [6, 6.07) is 13.8. The highest BCUT2D eigenvalue weighted by Crippen LogP contribution is 2.23. The highest BCUT2D eigenvalue weighted by Gasteiger charge is 2.09. The van der Waals surface area contributed by atoms with E-state index in [0.29, 0.717) is 11.5 Å². The first-order chi connectivity index (χ1) is 12.1. The molecule has 3 aromatic rings. The highest BCUT2D eigenvalue weighted by molar-refractivity contribution is 5.66. The molecule has 1 N–H and O–H groups in total. The molecule has 0 aliphatic carbocycles. The number of nitrogens with one attached hydrogen (secondary N) is 1. The lowest BCUT2D eigenvalue weighted by Gasteiger charge is -2.13. The molecule has 0 amide bonds. The molecule has 0 unspecified atom stereocenters. The molecule has 25 heavy (non-hydrogen) atoms. The van der Waals surface area contributed by atoms with Gasteiger partial charge < -0.3 is 10.2 Å². The van der Waals surface area contributed by atoms with E-state index < -0.39 is 0 Å². The lowest BCUT2D eigenvalue weighted by Crippen LogP contribution is -2.21. The van der Waals surface area contributed by atoms with Gasteiger partial charge in [-0.1, -0.05) is 6.07 Å². The molecule has 0 aliphatic heterocycles. The average molecular weight is 337 g/mol. The Kier molecular flexibility index (Phi) is 5.30. The summed E-state index contributed by atoms with van der Waals surface area (Å²) in [6.45, 7) is 1.64. The fraction of sp³-hybridized carbons (Fsp3) is 0.211. The Bertz CT molecular complexity index is 819. The summed E-state index contributed by atoms with van der Waals surface area (Å²) < 4.78 is 13.2. The molecule has 0 saturated heterocycles. The number of halogens is 1. The Labute approximate surface area is 146 Å². The Morgan fingerprint density at radius 2 is 1.80 bits per heavy atom. The first-order valence-electron chi connectivity index (χ1n) is 8.07. The van der Waals surface area contributed by atoms with Gasteiger partial charge in [-0.05, 0) is 50.5 Å². The Balaban J connectivity index is 1.97. The molecule has 6 heteroatoms. The normalized spacial score (nSPS) is 10.9. The lowest BCUT2D eigenvalue weighted by molar-refractivity contribution is 0.425. The maximum Gasteiger partial charge on any atom is 0.180 e. The van der Waals surface area contributed by atoms with Crippen LogP contribution in [0.1, 0.15) is 0 Å². The number of aromatic nitrogens is 3. The standard InChI is InChI=1S/C19H20FN5/c1-25(2)12-11-22-18-13-17(14-6-8-15(20)9-7-14)23-19(24-18)16-5-3-4-10-21-16/h3-10,13H,11-12H2,1-2H3,(H,22,23,24). The zero-order valence-corrected chi connectivity index (χ0v) is 14.3. The number of hydrogen-bond donors (Lipinski definition) is 1. The van der Waals surface area contributed by atoms with Crippen LogP contribution >= 0.6 is 0 Å². The molecule has 0 atom stereocenters. The quantitative estimate of drug-likeness (QED) is 0.748. The van der Waals surface area contributed by atoms with Crippen molar-refractivity contribution < 1.29 is 4.39 Å². The van der Waals surface area contributed by atoms with Crippen LogP contribution in [-0.2, 0) is 0 Å². The van der Waals surface area contributed by atoms with Gasteiger partial charge in [0.2, 0.25) is 0 Å². The number of anilines is 1. The summed E-state index contributed by atoms with van der Waals surface area (Å²) in [4.78, 5) is 15.6. The van der Waals surface area contributed by atoms with Crippen LogP contribution in [0.5, 0.6) is 0 Å². The first kappa shape index (κ1) is 17.0. The highest BCUT2D eigenvalue weighted by atomic mass is 19.1. The number of rotatable bonds is 6. The van der Waals surface area contributed by atoms with Crippen LogP contribution in [0.3, 0.4) is 0 Å². The molecule has 3 rings (SSSR count). The van der Waals surface area contributed by atoms with Crippen LogP contribution in [0.4, 0.5) is 10.2 Å². The monoisotopic (exact) mass is 337 g/mol. The molecule has 0 saturated carbocycles. The molecule has 0 spiro atoms. The number of hydrogen-bond acceptors (Lipinski definition) is 5. The van der Waals surface area contributed by atoms with E-state index in [9.17, 15) is 4.39 Å². The number of nitrogens with zero attached hydrogens (tertiary/aromatic N) is 4. The third-order valence-corrected chi connectivity index (χ3v) is 3.63. The summed E-state index contributed by atoms with van der Waals surface area (Å²) in [6.07, 6.45) is 1.71. The molecule has 0 fully saturated rings. The van der Waals surface area contributed by atoms with Crippen LogP contribution in [0, 0.1) is 5.82 Å². The van der Waals surface area contributed by atoms with Gasteiger partial charge in [0.1, 0.15) is 17.3 Å². The van der Waals surface area contributed by atoms with Crippen LogP contribution in [-0.4, -0.2) is 47.0 Å². The molecular formula is C19H20FN5. The van der Waals surface area contributed by atoms with Crippen molar-refractivity contribution in [2.24, 2.45) is 0 Å². The predicted octanol–water partition coefficient (Wildman–Crippen LogP) is 3.32. The smallest absolute Gasteiger partial charge is 0.180 e. The van der Waals surface area contributed by atoms with Gasteiger partial charge in [-0.25, -0.2) is 14.4 Å². The van der Waals surface area contributed by atoms with E-state index in [2.05, 4.69) is 25.2 Å². The second-order valence-electron chi connectivity index (χ2n) is 5.91. The molecule has 0 radical (unpaired) electrons. The fourth-order valence-corrected chi connectivity index (χ4v) is 2.32. The minimum Gasteiger partial charge on any atom is -0.369 e. The van der Waals surface area contributed by atoms with Gasteiger partial charge in [0, 0.05) is 30.9 Å². The van der Waals surface area contributed by atoms with Gasteiger partial charge in [-0.15, -0.1) is 0 Å². The average Bonchev–Trinajstić information content (AvgIpc) is 2.62. The van der Waals surface area contributed by atoms with E-state index in [0.717, 1.165) is 30.2 Å². The second-order valence-corrected chi connectivity index (χ2v) is 5.91. The van der Waals surface area contributed by atoms with Crippen molar-refractivity contribution >= 4 is 5.82 Å².